The van der Waals surface area contributed by atoms with Crippen molar-refractivity contribution in [3.63, 3.8) is 0 Å². The van der Waals surface area contributed by atoms with E-state index in [9.17, 15) is 0 Å². The molecule has 0 bridgehead atoms. The van der Waals surface area contributed by atoms with Gasteiger partial charge >= 0.3 is 0 Å². The van der Waals surface area contributed by atoms with Crippen molar-refractivity contribution in [1.82, 2.24) is 0 Å². The smallest absolute Gasteiger partial charge is 0.0468 e. The van der Waals surface area contributed by atoms with E-state index in [2.05, 4.69) is 204 Å². The van der Waals surface area contributed by atoms with E-state index >= 15 is 0 Å². The maximum absolute atomic E-state index is 2.44. The number of rotatable bonds is 6. The van der Waals surface area contributed by atoms with Crippen LogP contribution in [0.5, 0.6) is 0 Å². The van der Waals surface area contributed by atoms with Gasteiger partial charge in [-0.1, -0.05) is 109 Å². The first kappa shape index (κ1) is 31.1. The first-order valence-corrected chi connectivity index (χ1v) is 19.9. The third-order valence-electron chi connectivity index (χ3n) is 10.6. The van der Waals surface area contributed by atoms with Crippen LogP contribution in [0.25, 0.3) is 61.9 Å². The summed E-state index contributed by atoms with van der Waals surface area (Å²) in [5.41, 5.74) is 6.89. The standard InChI is InChI=1S/C50H32N2S2/c1-5-13-35(14-6-1)51(36-15-7-2-8-16-36)39-23-27-41-33(29-39)21-25-43-45-31-48-46(32-47(45)53-49(41)43)44-26-22-34-30-40(24-28-42(34)50(44)54-48)52(37-17-9-3-10-18-37)38-19-11-4-12-20-38/h1-32H. The summed E-state index contributed by atoms with van der Waals surface area (Å²) in [5, 5.41) is 10.4. The van der Waals surface area contributed by atoms with Gasteiger partial charge in [0.05, 0.1) is 0 Å². The summed E-state index contributed by atoms with van der Waals surface area (Å²) in [6.07, 6.45) is 0. The first-order chi connectivity index (χ1) is 26.8. The van der Waals surface area contributed by atoms with Gasteiger partial charge in [0.2, 0.25) is 0 Å². The van der Waals surface area contributed by atoms with E-state index in [1.165, 1.54) is 61.9 Å². The van der Waals surface area contributed by atoms with Crippen molar-refractivity contribution in [2.24, 2.45) is 0 Å². The van der Waals surface area contributed by atoms with Crippen LogP contribution in [0.2, 0.25) is 0 Å². The molecule has 2 nitrogen and oxygen atoms in total. The number of thiophene rings is 2. The predicted molar refractivity (Wildman–Crippen MR) is 237 cm³/mol. The van der Waals surface area contributed by atoms with Gasteiger partial charge in [0.15, 0.2) is 0 Å². The van der Waals surface area contributed by atoms with Crippen molar-refractivity contribution in [3.8, 4) is 0 Å². The second kappa shape index (κ2) is 12.6. The van der Waals surface area contributed by atoms with Gasteiger partial charge in [-0.2, -0.15) is 0 Å². The van der Waals surface area contributed by atoms with Crippen LogP contribution in [0.15, 0.2) is 194 Å². The van der Waals surface area contributed by atoms with Gasteiger partial charge < -0.3 is 9.80 Å². The molecule has 11 rings (SSSR count). The number of anilines is 6. The number of fused-ring (bicyclic) bond motifs is 10. The van der Waals surface area contributed by atoms with Crippen molar-refractivity contribution < 1.29 is 0 Å². The second-order valence-electron chi connectivity index (χ2n) is 13.8. The van der Waals surface area contributed by atoms with Crippen molar-refractivity contribution >= 4 is 119 Å². The van der Waals surface area contributed by atoms with Crippen LogP contribution < -0.4 is 9.80 Å². The van der Waals surface area contributed by atoms with Gasteiger partial charge in [0, 0.05) is 74.5 Å². The molecule has 0 spiro atoms. The number of para-hydroxylation sites is 4. The molecule has 0 fully saturated rings. The van der Waals surface area contributed by atoms with E-state index in [-0.39, 0.29) is 0 Å². The van der Waals surface area contributed by atoms with E-state index in [4.69, 9.17) is 0 Å². The zero-order valence-corrected chi connectivity index (χ0v) is 30.8. The fraction of sp³-hybridized carbons (Fsp3) is 0. The Kier molecular flexibility index (Phi) is 7.25. The molecule has 0 atom stereocenters. The summed E-state index contributed by atoms with van der Waals surface area (Å²) < 4.78 is 5.37. The molecule has 54 heavy (non-hydrogen) atoms. The quantitative estimate of drug-likeness (QED) is 0.168. The van der Waals surface area contributed by atoms with Crippen molar-refractivity contribution in [1.29, 1.82) is 0 Å². The molecular formula is C50H32N2S2. The zero-order valence-electron chi connectivity index (χ0n) is 29.2. The molecule has 0 aliphatic rings. The molecule has 0 saturated heterocycles. The van der Waals surface area contributed by atoms with Gasteiger partial charge in [-0.25, -0.2) is 0 Å². The van der Waals surface area contributed by atoms with E-state index in [1.54, 1.807) is 0 Å². The van der Waals surface area contributed by atoms with E-state index in [1.807, 2.05) is 22.7 Å². The Morgan fingerprint density at radius 3 is 0.944 bits per heavy atom. The Morgan fingerprint density at radius 1 is 0.259 bits per heavy atom. The SMILES string of the molecule is c1ccc(N(c2ccccc2)c2ccc3c(ccc4c5cc6sc7c8ccc(N(c9ccccc9)c9ccccc9)cc8ccc7c6cc5sc34)c2)cc1. The third kappa shape index (κ3) is 5.07. The van der Waals surface area contributed by atoms with E-state index < -0.39 is 0 Å². The molecule has 2 heterocycles. The fourth-order valence-electron chi connectivity index (χ4n) is 8.07. The Morgan fingerprint density at radius 2 is 0.593 bits per heavy atom. The number of nitrogens with zero attached hydrogens (tertiary/aromatic N) is 2. The number of hydrogen-bond donors (Lipinski definition) is 0. The molecule has 0 radical (unpaired) electrons. The minimum absolute atomic E-state index is 1.15. The largest absolute Gasteiger partial charge is 0.310 e. The minimum atomic E-state index is 1.15. The average Bonchev–Trinajstić information content (AvgIpc) is 3.79. The fourth-order valence-corrected chi connectivity index (χ4v) is 10.6. The molecule has 11 aromatic rings. The maximum Gasteiger partial charge on any atom is 0.0468 e. The lowest BCUT2D eigenvalue weighted by molar-refractivity contribution is 1.29. The molecule has 0 saturated carbocycles. The summed E-state index contributed by atoms with van der Waals surface area (Å²) in [6.45, 7) is 0. The maximum atomic E-state index is 2.44. The Balaban J connectivity index is 1.01. The van der Waals surface area contributed by atoms with Gasteiger partial charge in [-0.3, -0.25) is 0 Å². The van der Waals surface area contributed by atoms with Crippen LogP contribution in [0.1, 0.15) is 0 Å². The van der Waals surface area contributed by atoms with Crippen molar-refractivity contribution in [2.45, 2.75) is 0 Å². The highest BCUT2D eigenvalue weighted by Crippen LogP contribution is 2.47. The second-order valence-corrected chi connectivity index (χ2v) is 15.9. The molecule has 2 aromatic heterocycles. The summed E-state index contributed by atoms with van der Waals surface area (Å²) in [5.74, 6) is 0. The Labute approximate surface area is 321 Å². The predicted octanol–water partition coefficient (Wildman–Crippen LogP) is 15.7. The molecule has 0 N–H and O–H groups in total. The minimum Gasteiger partial charge on any atom is -0.310 e. The highest BCUT2D eigenvalue weighted by molar-refractivity contribution is 7.28. The summed E-state index contributed by atoms with van der Waals surface area (Å²) >= 11 is 3.83. The van der Waals surface area contributed by atoms with E-state index in [0.29, 0.717) is 0 Å². The van der Waals surface area contributed by atoms with Crippen LogP contribution in [-0.4, -0.2) is 0 Å². The molecule has 0 unspecified atom stereocenters. The van der Waals surface area contributed by atoms with Gasteiger partial charge in [-0.05, 0) is 106 Å². The van der Waals surface area contributed by atoms with Gasteiger partial charge in [-0.15, -0.1) is 22.7 Å². The lowest BCUT2D eigenvalue weighted by Gasteiger charge is -2.25. The molecule has 9 aromatic carbocycles. The summed E-state index contributed by atoms with van der Waals surface area (Å²) in [4.78, 5) is 4.67. The third-order valence-corrected chi connectivity index (χ3v) is 13.0. The Hall–Kier alpha value is -6.46. The first-order valence-electron chi connectivity index (χ1n) is 18.3. The van der Waals surface area contributed by atoms with E-state index in [0.717, 1.165) is 34.1 Å². The van der Waals surface area contributed by atoms with Crippen LogP contribution in [0, 0.1) is 0 Å². The van der Waals surface area contributed by atoms with Crippen LogP contribution in [-0.2, 0) is 0 Å². The summed E-state index contributed by atoms with van der Waals surface area (Å²) in [6, 6.07) is 70.5. The Bertz CT molecular complexity index is 2860. The highest BCUT2D eigenvalue weighted by Gasteiger charge is 2.18. The molecule has 254 valence electrons. The zero-order chi connectivity index (χ0) is 35.6. The number of benzene rings is 9. The monoisotopic (exact) mass is 724 g/mol. The van der Waals surface area contributed by atoms with Crippen LogP contribution >= 0.6 is 22.7 Å². The lowest BCUT2D eigenvalue weighted by atomic mass is 10.0. The number of hydrogen-bond acceptors (Lipinski definition) is 4. The molecular weight excluding hydrogens is 693 g/mol. The highest BCUT2D eigenvalue weighted by atomic mass is 32.1. The normalized spacial score (nSPS) is 11.7. The average molecular weight is 725 g/mol. The lowest BCUT2D eigenvalue weighted by Crippen LogP contribution is -2.09. The van der Waals surface area contributed by atoms with Crippen molar-refractivity contribution in [3.05, 3.63) is 194 Å². The van der Waals surface area contributed by atoms with Crippen molar-refractivity contribution in [2.75, 3.05) is 9.80 Å². The van der Waals surface area contributed by atoms with Crippen LogP contribution in [0.3, 0.4) is 0 Å². The molecule has 0 amide bonds. The molecule has 4 heteroatoms. The summed E-state index contributed by atoms with van der Waals surface area (Å²) in [7, 11) is 0. The molecule has 0 aliphatic heterocycles. The molecule has 0 aliphatic carbocycles. The van der Waals surface area contributed by atoms with Gasteiger partial charge in [0.1, 0.15) is 0 Å². The van der Waals surface area contributed by atoms with Gasteiger partial charge in [0.25, 0.3) is 0 Å². The van der Waals surface area contributed by atoms with Crippen LogP contribution in [0.4, 0.5) is 34.1 Å². The topological polar surface area (TPSA) is 6.48 Å².